The molecule has 0 aliphatic carbocycles. The third-order valence-electron chi connectivity index (χ3n) is 4.25. The number of esters is 1. The summed E-state index contributed by atoms with van der Waals surface area (Å²) in [5.41, 5.74) is 1.33. The fourth-order valence-electron chi connectivity index (χ4n) is 2.87. The molecule has 0 saturated carbocycles. The Morgan fingerprint density at radius 3 is 2.69 bits per heavy atom. The number of nitrogens with zero attached hydrogens (tertiary/aromatic N) is 1. The molecule has 0 fully saturated rings. The van der Waals surface area contributed by atoms with Crippen LogP contribution in [0.4, 0.5) is 5.69 Å². The number of aliphatic hydroxyl groups is 1. The first-order chi connectivity index (χ1) is 15.5. The maximum absolute atomic E-state index is 12.5. The van der Waals surface area contributed by atoms with Gasteiger partial charge in [0.15, 0.2) is 11.5 Å². The minimum atomic E-state index is -0.639. The van der Waals surface area contributed by atoms with Crippen molar-refractivity contribution in [3.8, 4) is 11.5 Å². The van der Waals surface area contributed by atoms with E-state index in [4.69, 9.17) is 25.8 Å². The molecule has 1 aliphatic heterocycles. The van der Waals surface area contributed by atoms with E-state index in [1.807, 2.05) is 30.3 Å². The third kappa shape index (κ3) is 5.36. The quantitative estimate of drug-likeness (QED) is 0.370. The van der Waals surface area contributed by atoms with E-state index in [-0.39, 0.29) is 24.5 Å². The number of carbonyl (C=O) groups is 1. The second-order valence-corrected chi connectivity index (χ2v) is 7.88. The first-order valence-corrected chi connectivity index (χ1v) is 10.9. The van der Waals surface area contributed by atoms with Gasteiger partial charge in [0.05, 0.1) is 29.3 Å². The van der Waals surface area contributed by atoms with E-state index in [0.29, 0.717) is 37.7 Å². The van der Waals surface area contributed by atoms with E-state index >= 15 is 0 Å². The van der Waals surface area contributed by atoms with Crippen LogP contribution in [-0.4, -0.2) is 36.4 Å². The Hall–Kier alpha value is -3.16. The first-order valence-electron chi connectivity index (χ1n) is 9.74. The molecule has 0 bridgehead atoms. The third-order valence-corrected chi connectivity index (χ3v) is 5.55. The molecule has 0 amide bonds. The van der Waals surface area contributed by atoms with Gasteiger partial charge in [-0.15, -0.1) is 0 Å². The topological polar surface area (TPSA) is 77.4 Å². The van der Waals surface area contributed by atoms with Crippen LogP contribution in [0.3, 0.4) is 0 Å². The van der Waals surface area contributed by atoms with Gasteiger partial charge in [0.25, 0.3) is 0 Å². The van der Waals surface area contributed by atoms with Gasteiger partial charge < -0.3 is 19.3 Å². The van der Waals surface area contributed by atoms with Crippen molar-refractivity contribution in [1.82, 2.24) is 0 Å². The molecule has 0 spiro atoms. The van der Waals surface area contributed by atoms with Crippen LogP contribution in [0.5, 0.6) is 11.5 Å². The van der Waals surface area contributed by atoms with Crippen molar-refractivity contribution in [2.75, 3.05) is 20.3 Å². The largest absolute Gasteiger partial charge is 0.506 e. The van der Waals surface area contributed by atoms with Crippen LogP contribution in [0, 0.1) is 0 Å². The Labute approximate surface area is 195 Å². The van der Waals surface area contributed by atoms with E-state index in [0.717, 1.165) is 0 Å². The van der Waals surface area contributed by atoms with Crippen molar-refractivity contribution in [3.05, 3.63) is 81.9 Å². The van der Waals surface area contributed by atoms with Crippen LogP contribution in [0.15, 0.2) is 76.3 Å². The molecule has 2 aromatic rings. The molecule has 1 heterocycles. The maximum atomic E-state index is 12.5. The number of hydrogen-bond acceptors (Lipinski definition) is 7. The molecule has 166 valence electrons. The van der Waals surface area contributed by atoms with Gasteiger partial charge in [-0.3, -0.25) is 0 Å². The van der Waals surface area contributed by atoms with Crippen molar-refractivity contribution in [2.24, 2.45) is 4.99 Å². The molecule has 8 heteroatoms. The molecule has 0 atom stereocenters. The Kier molecular flexibility index (Phi) is 8.03. The molecule has 6 nitrogen and oxygen atoms in total. The van der Waals surface area contributed by atoms with Gasteiger partial charge in [-0.25, -0.2) is 9.79 Å². The number of halogens is 1. The van der Waals surface area contributed by atoms with Gasteiger partial charge in [-0.05, 0) is 42.8 Å². The molecule has 32 heavy (non-hydrogen) atoms. The second-order valence-electron chi connectivity index (χ2n) is 6.44. The van der Waals surface area contributed by atoms with Gasteiger partial charge in [0, 0.05) is 0 Å². The first kappa shape index (κ1) is 23.5. The highest BCUT2D eigenvalue weighted by Gasteiger charge is 2.33. The summed E-state index contributed by atoms with van der Waals surface area (Å²) >= 11 is 7.55. The lowest BCUT2D eigenvalue weighted by Gasteiger charge is -2.12. The van der Waals surface area contributed by atoms with E-state index in [2.05, 4.69) is 11.6 Å². The monoisotopic (exact) mass is 471 g/mol. The van der Waals surface area contributed by atoms with Gasteiger partial charge >= 0.3 is 5.97 Å². The van der Waals surface area contributed by atoms with Gasteiger partial charge in [-0.2, -0.15) is 0 Å². The summed E-state index contributed by atoms with van der Waals surface area (Å²) in [6.07, 6.45) is 3.30. The number of aliphatic hydroxyl groups excluding tert-OH is 1. The SMILES string of the molecule is C=CCOc1c(Cl)cc(/C=C2\SC(=Nc3ccccc3)C(C(=O)OCC)=C2O)cc1OC. The lowest BCUT2D eigenvalue weighted by atomic mass is 10.1. The van der Waals surface area contributed by atoms with E-state index in [1.165, 1.54) is 18.9 Å². The molecule has 1 N–H and O–H groups in total. The fraction of sp³-hybridized carbons (Fsp3) is 0.167. The molecule has 0 unspecified atom stereocenters. The highest BCUT2D eigenvalue weighted by Crippen LogP contribution is 2.42. The zero-order valence-corrected chi connectivity index (χ0v) is 19.2. The molecule has 0 saturated heterocycles. The maximum Gasteiger partial charge on any atom is 0.344 e. The smallest absolute Gasteiger partial charge is 0.344 e. The van der Waals surface area contributed by atoms with Gasteiger partial charge in [-0.1, -0.05) is 54.2 Å². The van der Waals surface area contributed by atoms with Crippen molar-refractivity contribution < 1.29 is 24.1 Å². The normalized spacial score (nSPS) is 15.8. The predicted octanol–water partition coefficient (Wildman–Crippen LogP) is 6.11. The number of para-hydroxylation sites is 1. The van der Waals surface area contributed by atoms with E-state index < -0.39 is 5.97 Å². The van der Waals surface area contributed by atoms with Crippen LogP contribution in [0.1, 0.15) is 12.5 Å². The second kappa shape index (κ2) is 10.9. The number of rotatable bonds is 8. The minimum Gasteiger partial charge on any atom is -0.506 e. The zero-order chi connectivity index (χ0) is 23.1. The van der Waals surface area contributed by atoms with Crippen LogP contribution in [-0.2, 0) is 9.53 Å². The predicted molar refractivity (Wildman–Crippen MR) is 129 cm³/mol. The molecular formula is C24H22ClNO5S. The molecule has 2 aromatic carbocycles. The number of methoxy groups -OCH3 is 1. The Morgan fingerprint density at radius 1 is 1.28 bits per heavy atom. The number of thioether (sulfide) groups is 1. The lowest BCUT2D eigenvalue weighted by molar-refractivity contribution is -0.138. The average molecular weight is 472 g/mol. The molecular weight excluding hydrogens is 450 g/mol. The Bertz CT molecular complexity index is 1110. The van der Waals surface area contributed by atoms with E-state index in [1.54, 1.807) is 31.2 Å². The molecule has 0 radical (unpaired) electrons. The number of hydrogen-bond donors (Lipinski definition) is 1. The molecule has 0 aromatic heterocycles. The van der Waals surface area contributed by atoms with Crippen molar-refractivity contribution in [2.45, 2.75) is 6.92 Å². The number of ether oxygens (including phenoxy) is 3. The number of carbonyl (C=O) groups excluding carboxylic acids is 1. The van der Waals surface area contributed by atoms with Gasteiger partial charge in [0.2, 0.25) is 0 Å². The van der Waals surface area contributed by atoms with Crippen LogP contribution < -0.4 is 9.47 Å². The van der Waals surface area contributed by atoms with E-state index in [9.17, 15) is 9.90 Å². The standard InChI is InChI=1S/C24H22ClNO5S/c1-4-11-31-22-17(25)12-15(13-18(22)29-3)14-19-21(27)20(24(28)30-5-2)23(32-19)26-16-9-7-6-8-10-16/h4,6-10,12-14,27H,1,5,11H2,2-3H3/b19-14-,26-23?. The number of benzene rings is 2. The average Bonchev–Trinajstić information content (AvgIpc) is 3.08. The Morgan fingerprint density at radius 2 is 2.03 bits per heavy atom. The van der Waals surface area contributed by atoms with Crippen molar-refractivity contribution in [3.63, 3.8) is 0 Å². The molecule has 1 aliphatic rings. The van der Waals surface area contributed by atoms with Crippen LogP contribution in [0.2, 0.25) is 5.02 Å². The number of aliphatic imine (C=N–C) groups is 1. The highest BCUT2D eigenvalue weighted by molar-refractivity contribution is 8.18. The summed E-state index contributed by atoms with van der Waals surface area (Å²) in [4.78, 5) is 17.5. The summed E-state index contributed by atoms with van der Waals surface area (Å²) in [5, 5.41) is 11.5. The summed E-state index contributed by atoms with van der Waals surface area (Å²) < 4.78 is 16.1. The Balaban J connectivity index is 2.04. The minimum absolute atomic E-state index is 0.0240. The van der Waals surface area contributed by atoms with Crippen LogP contribution >= 0.6 is 23.4 Å². The lowest BCUT2D eigenvalue weighted by Crippen LogP contribution is -2.12. The fourth-order valence-corrected chi connectivity index (χ4v) is 4.18. The molecule has 3 rings (SSSR count). The summed E-state index contributed by atoms with van der Waals surface area (Å²) in [6, 6.07) is 12.6. The van der Waals surface area contributed by atoms with Crippen molar-refractivity contribution in [1.29, 1.82) is 0 Å². The zero-order valence-electron chi connectivity index (χ0n) is 17.6. The van der Waals surface area contributed by atoms with Gasteiger partial charge in [0.1, 0.15) is 23.0 Å². The summed E-state index contributed by atoms with van der Waals surface area (Å²) in [5.74, 6) is -0.0142. The van der Waals surface area contributed by atoms with Crippen molar-refractivity contribution >= 4 is 46.1 Å². The summed E-state index contributed by atoms with van der Waals surface area (Å²) in [7, 11) is 1.51. The van der Waals surface area contributed by atoms with Crippen LogP contribution in [0.25, 0.3) is 6.08 Å². The highest BCUT2D eigenvalue weighted by atomic mass is 35.5. The summed E-state index contributed by atoms with van der Waals surface area (Å²) in [6.45, 7) is 5.78.